The van der Waals surface area contributed by atoms with Gasteiger partial charge in [-0.05, 0) is 43.0 Å². The minimum atomic E-state index is -0.917. The number of aromatic amines is 1. The fourth-order valence-electron chi connectivity index (χ4n) is 3.88. The molecular weight excluding hydrogens is 394 g/mol. The first-order valence-electron chi connectivity index (χ1n) is 9.66. The first-order chi connectivity index (χ1) is 13.9. The quantitative estimate of drug-likeness (QED) is 0.714. The van der Waals surface area contributed by atoms with Crippen LogP contribution in [0, 0.1) is 5.92 Å². The van der Waals surface area contributed by atoms with Crippen LogP contribution in [-0.2, 0) is 9.59 Å². The number of benzene rings is 1. The van der Waals surface area contributed by atoms with E-state index in [2.05, 4.69) is 27.5 Å². The zero-order valence-electron chi connectivity index (χ0n) is 16.0. The van der Waals surface area contributed by atoms with E-state index >= 15 is 0 Å². The smallest absolute Gasteiger partial charge is 0.258 e. The van der Waals surface area contributed by atoms with Crippen molar-refractivity contribution in [2.24, 2.45) is 5.92 Å². The SMILES string of the molecule is C[C@H]1CCCN(c2nc3c(c(=O)[nH]2)[C@H](C(=O)Nc2ccc(Cl)cc2)CC(=O)N3)C1. The number of nitrogens with one attached hydrogen (secondary N) is 3. The molecule has 2 aliphatic heterocycles. The molecule has 0 aliphatic carbocycles. The molecule has 2 atom stereocenters. The Bertz CT molecular complexity index is 1000. The molecule has 1 saturated heterocycles. The predicted molar refractivity (Wildman–Crippen MR) is 112 cm³/mol. The summed E-state index contributed by atoms with van der Waals surface area (Å²) in [6, 6.07) is 6.62. The van der Waals surface area contributed by atoms with Gasteiger partial charge < -0.3 is 15.5 Å². The largest absolute Gasteiger partial charge is 0.342 e. The molecule has 29 heavy (non-hydrogen) atoms. The number of hydrogen-bond donors (Lipinski definition) is 3. The summed E-state index contributed by atoms with van der Waals surface area (Å²) in [7, 11) is 0. The molecule has 2 amide bonds. The zero-order chi connectivity index (χ0) is 20.5. The maximum Gasteiger partial charge on any atom is 0.258 e. The maximum absolute atomic E-state index is 12.9. The van der Waals surface area contributed by atoms with Crippen molar-refractivity contribution < 1.29 is 9.59 Å². The van der Waals surface area contributed by atoms with Gasteiger partial charge in [-0.15, -0.1) is 0 Å². The third-order valence-corrected chi connectivity index (χ3v) is 5.58. The lowest BCUT2D eigenvalue weighted by molar-refractivity contribution is -0.123. The Morgan fingerprint density at radius 2 is 2.03 bits per heavy atom. The molecule has 4 rings (SSSR count). The highest BCUT2D eigenvalue weighted by atomic mass is 35.5. The van der Waals surface area contributed by atoms with Crippen LogP contribution in [0.2, 0.25) is 5.02 Å². The highest BCUT2D eigenvalue weighted by Gasteiger charge is 2.35. The lowest BCUT2D eigenvalue weighted by Crippen LogP contribution is -2.40. The fourth-order valence-corrected chi connectivity index (χ4v) is 4.00. The molecule has 9 heteroatoms. The van der Waals surface area contributed by atoms with E-state index in [9.17, 15) is 14.4 Å². The van der Waals surface area contributed by atoms with E-state index < -0.39 is 17.4 Å². The summed E-state index contributed by atoms with van der Waals surface area (Å²) in [6.45, 7) is 3.73. The number of aromatic nitrogens is 2. The molecule has 0 spiro atoms. The molecular formula is C20H22ClN5O3. The number of piperidine rings is 1. The number of H-pyrrole nitrogens is 1. The molecule has 152 valence electrons. The van der Waals surface area contributed by atoms with Gasteiger partial charge in [0.05, 0.1) is 11.5 Å². The van der Waals surface area contributed by atoms with E-state index in [1.807, 2.05) is 4.90 Å². The van der Waals surface area contributed by atoms with Crippen LogP contribution >= 0.6 is 11.6 Å². The molecule has 8 nitrogen and oxygen atoms in total. The normalized spacial score (nSPS) is 21.3. The van der Waals surface area contributed by atoms with Crippen LogP contribution in [0.5, 0.6) is 0 Å². The number of anilines is 3. The van der Waals surface area contributed by atoms with Gasteiger partial charge in [0.2, 0.25) is 17.8 Å². The van der Waals surface area contributed by atoms with Crippen molar-refractivity contribution in [3.05, 3.63) is 45.2 Å². The molecule has 1 aromatic carbocycles. The second-order valence-corrected chi connectivity index (χ2v) is 8.08. The molecule has 0 radical (unpaired) electrons. The second-order valence-electron chi connectivity index (χ2n) is 7.65. The summed E-state index contributed by atoms with van der Waals surface area (Å²) in [5.41, 5.74) is 0.319. The Hall–Kier alpha value is -2.87. The van der Waals surface area contributed by atoms with Gasteiger partial charge in [0.15, 0.2) is 0 Å². The van der Waals surface area contributed by atoms with Gasteiger partial charge in [0.1, 0.15) is 5.82 Å². The third-order valence-electron chi connectivity index (χ3n) is 5.32. The number of carbonyl (C=O) groups excluding carboxylic acids is 2. The van der Waals surface area contributed by atoms with Gasteiger partial charge >= 0.3 is 0 Å². The van der Waals surface area contributed by atoms with Crippen molar-refractivity contribution in [3.63, 3.8) is 0 Å². The fraction of sp³-hybridized carbons (Fsp3) is 0.400. The molecule has 1 fully saturated rings. The van der Waals surface area contributed by atoms with E-state index in [1.54, 1.807) is 24.3 Å². The number of rotatable bonds is 3. The standard InChI is InChI=1S/C20H22ClN5O3/c1-11-3-2-8-26(10-11)20-24-17-16(19(29)25-20)14(9-15(27)23-17)18(28)22-13-6-4-12(21)5-7-13/h4-7,11,14H,2-3,8-10H2,1H3,(H,22,28)(H2,23,24,25,27,29)/t11-,14+/m0/s1. The minimum absolute atomic E-state index is 0.114. The topological polar surface area (TPSA) is 107 Å². The Balaban J connectivity index is 1.63. The van der Waals surface area contributed by atoms with Gasteiger partial charge in [0.25, 0.3) is 5.56 Å². The van der Waals surface area contributed by atoms with Crippen LogP contribution in [0.25, 0.3) is 0 Å². The Morgan fingerprint density at radius 1 is 1.28 bits per heavy atom. The lowest BCUT2D eigenvalue weighted by atomic mass is 9.92. The highest BCUT2D eigenvalue weighted by Crippen LogP contribution is 2.31. The number of fused-ring (bicyclic) bond motifs is 1. The first-order valence-corrected chi connectivity index (χ1v) is 10.0. The van der Waals surface area contributed by atoms with E-state index in [-0.39, 0.29) is 23.7 Å². The van der Waals surface area contributed by atoms with E-state index in [1.165, 1.54) is 0 Å². The average Bonchev–Trinajstić information content (AvgIpc) is 2.68. The van der Waals surface area contributed by atoms with Gasteiger partial charge in [-0.1, -0.05) is 18.5 Å². The number of nitrogens with zero attached hydrogens (tertiary/aromatic N) is 2. The molecule has 3 N–H and O–H groups in total. The van der Waals surface area contributed by atoms with Crippen LogP contribution in [-0.4, -0.2) is 34.9 Å². The molecule has 1 aromatic heterocycles. The van der Waals surface area contributed by atoms with Crippen molar-refractivity contribution >= 4 is 40.9 Å². The van der Waals surface area contributed by atoms with Crippen molar-refractivity contribution in [1.82, 2.24) is 9.97 Å². The molecule has 2 aromatic rings. The number of carbonyl (C=O) groups is 2. The maximum atomic E-state index is 12.9. The Morgan fingerprint density at radius 3 is 2.76 bits per heavy atom. The highest BCUT2D eigenvalue weighted by molar-refractivity contribution is 6.30. The Labute approximate surface area is 172 Å². The van der Waals surface area contributed by atoms with E-state index in [0.29, 0.717) is 22.6 Å². The minimum Gasteiger partial charge on any atom is -0.342 e. The summed E-state index contributed by atoms with van der Waals surface area (Å²) >= 11 is 5.87. The molecule has 2 aliphatic rings. The van der Waals surface area contributed by atoms with Crippen molar-refractivity contribution in [1.29, 1.82) is 0 Å². The van der Waals surface area contributed by atoms with Crippen LogP contribution in [0.15, 0.2) is 29.1 Å². The van der Waals surface area contributed by atoms with Gasteiger partial charge in [-0.25, -0.2) is 0 Å². The summed E-state index contributed by atoms with van der Waals surface area (Å²) in [5, 5.41) is 5.94. The lowest BCUT2D eigenvalue weighted by Gasteiger charge is -2.32. The van der Waals surface area contributed by atoms with E-state index in [0.717, 1.165) is 25.9 Å². The van der Waals surface area contributed by atoms with Crippen LogP contribution in [0.1, 0.15) is 37.7 Å². The molecule has 0 bridgehead atoms. The number of halogens is 1. The first kappa shape index (κ1) is 19.4. The summed E-state index contributed by atoms with van der Waals surface area (Å²) in [4.78, 5) is 47.2. The monoisotopic (exact) mass is 415 g/mol. The van der Waals surface area contributed by atoms with E-state index in [4.69, 9.17) is 11.6 Å². The second kappa shape index (κ2) is 7.87. The summed E-state index contributed by atoms with van der Waals surface area (Å²) in [5.74, 6) is -0.605. The van der Waals surface area contributed by atoms with Gasteiger partial charge in [-0.3, -0.25) is 19.4 Å². The summed E-state index contributed by atoms with van der Waals surface area (Å²) < 4.78 is 0. The van der Waals surface area contributed by atoms with Crippen LogP contribution in [0.4, 0.5) is 17.5 Å². The number of hydrogen-bond acceptors (Lipinski definition) is 5. The van der Waals surface area contributed by atoms with Crippen molar-refractivity contribution in [2.75, 3.05) is 28.6 Å². The molecule has 0 unspecified atom stereocenters. The third kappa shape index (κ3) is 4.12. The zero-order valence-corrected chi connectivity index (χ0v) is 16.8. The number of amides is 2. The van der Waals surface area contributed by atoms with Gasteiger partial charge in [-0.2, -0.15) is 4.98 Å². The van der Waals surface area contributed by atoms with Gasteiger partial charge in [0, 0.05) is 30.2 Å². The summed E-state index contributed by atoms with van der Waals surface area (Å²) in [6.07, 6.45) is 2.03. The average molecular weight is 416 g/mol. The molecule has 0 saturated carbocycles. The van der Waals surface area contributed by atoms with Crippen LogP contribution in [0.3, 0.4) is 0 Å². The van der Waals surface area contributed by atoms with Crippen molar-refractivity contribution in [2.45, 2.75) is 32.1 Å². The van der Waals surface area contributed by atoms with Crippen molar-refractivity contribution in [3.8, 4) is 0 Å². The molecule has 3 heterocycles. The predicted octanol–water partition coefficient (Wildman–Crippen LogP) is 2.72. The van der Waals surface area contributed by atoms with Crippen LogP contribution < -0.4 is 21.1 Å². The Kier molecular flexibility index (Phi) is 5.27.